The lowest BCUT2D eigenvalue weighted by Crippen LogP contribution is -2.22. The molecule has 0 aliphatic carbocycles. The summed E-state index contributed by atoms with van der Waals surface area (Å²) >= 11 is 0. The van der Waals surface area contributed by atoms with Crippen LogP contribution in [0.5, 0.6) is 0 Å². The lowest BCUT2D eigenvalue weighted by Gasteiger charge is -2.07. The smallest absolute Gasteiger partial charge is 0.220 e. The van der Waals surface area contributed by atoms with Gasteiger partial charge in [0.25, 0.3) is 0 Å². The molecule has 0 heterocycles. The second kappa shape index (κ2) is 7.01. The van der Waals surface area contributed by atoms with Crippen LogP contribution in [0.4, 0.5) is 0 Å². The van der Waals surface area contributed by atoms with Gasteiger partial charge in [0.15, 0.2) is 0 Å². The first-order chi connectivity index (χ1) is 7.74. The first kappa shape index (κ1) is 12.7. The van der Waals surface area contributed by atoms with E-state index in [2.05, 4.69) is 5.32 Å². The second-order valence-corrected chi connectivity index (χ2v) is 3.88. The Morgan fingerprint density at radius 2 is 2.06 bits per heavy atom. The third-order valence-electron chi connectivity index (χ3n) is 2.55. The molecule has 0 bridgehead atoms. The van der Waals surface area contributed by atoms with E-state index in [1.54, 1.807) is 0 Å². The number of unbranched alkanes of at least 4 members (excludes halogenated alkanes) is 1. The van der Waals surface area contributed by atoms with E-state index in [0.717, 1.165) is 12.0 Å². The van der Waals surface area contributed by atoms with E-state index >= 15 is 0 Å². The van der Waals surface area contributed by atoms with Crippen molar-refractivity contribution in [1.82, 2.24) is 5.32 Å². The van der Waals surface area contributed by atoms with Crippen LogP contribution in [0.25, 0.3) is 0 Å². The van der Waals surface area contributed by atoms with Gasteiger partial charge in [0.2, 0.25) is 5.91 Å². The van der Waals surface area contributed by atoms with Crippen LogP contribution in [0.2, 0.25) is 0 Å². The summed E-state index contributed by atoms with van der Waals surface area (Å²) in [5.41, 5.74) is 2.34. The minimum Gasteiger partial charge on any atom is -0.396 e. The van der Waals surface area contributed by atoms with E-state index in [0.29, 0.717) is 19.4 Å². The largest absolute Gasteiger partial charge is 0.396 e. The Morgan fingerprint density at radius 1 is 1.31 bits per heavy atom. The van der Waals surface area contributed by atoms with Crippen molar-refractivity contribution in [2.45, 2.75) is 32.7 Å². The summed E-state index contributed by atoms with van der Waals surface area (Å²) in [5, 5.41) is 11.5. The van der Waals surface area contributed by atoms with Gasteiger partial charge in [-0.05, 0) is 30.9 Å². The molecule has 16 heavy (non-hydrogen) atoms. The molecular weight excluding hydrogens is 202 g/mol. The van der Waals surface area contributed by atoms with Crippen LogP contribution in [-0.4, -0.2) is 17.6 Å². The molecule has 1 rings (SSSR count). The van der Waals surface area contributed by atoms with E-state index in [1.165, 1.54) is 5.56 Å². The summed E-state index contributed by atoms with van der Waals surface area (Å²) < 4.78 is 0. The Labute approximate surface area is 96.5 Å². The maximum atomic E-state index is 11.4. The standard InChI is InChI=1S/C13H19NO2/c1-11-6-2-3-7-12(11)10-14-13(16)8-4-5-9-15/h2-3,6-7,15H,4-5,8-10H2,1H3,(H,14,16). The first-order valence-corrected chi connectivity index (χ1v) is 5.66. The third-order valence-corrected chi connectivity index (χ3v) is 2.55. The summed E-state index contributed by atoms with van der Waals surface area (Å²) in [5.74, 6) is 0.0525. The highest BCUT2D eigenvalue weighted by atomic mass is 16.2. The highest BCUT2D eigenvalue weighted by molar-refractivity contribution is 5.75. The summed E-state index contributed by atoms with van der Waals surface area (Å²) in [6, 6.07) is 8.01. The molecule has 3 heteroatoms. The fourth-order valence-corrected chi connectivity index (χ4v) is 1.49. The van der Waals surface area contributed by atoms with E-state index in [4.69, 9.17) is 5.11 Å². The lowest BCUT2D eigenvalue weighted by molar-refractivity contribution is -0.121. The van der Waals surface area contributed by atoms with Crippen molar-refractivity contribution in [3.8, 4) is 0 Å². The maximum Gasteiger partial charge on any atom is 0.220 e. The Kier molecular flexibility index (Phi) is 5.57. The van der Waals surface area contributed by atoms with Gasteiger partial charge in [0, 0.05) is 19.6 Å². The van der Waals surface area contributed by atoms with Crippen molar-refractivity contribution in [2.24, 2.45) is 0 Å². The van der Waals surface area contributed by atoms with Crippen LogP contribution >= 0.6 is 0 Å². The quantitative estimate of drug-likeness (QED) is 0.719. The fraction of sp³-hybridized carbons (Fsp3) is 0.462. The number of carbonyl (C=O) groups is 1. The third kappa shape index (κ3) is 4.45. The zero-order chi connectivity index (χ0) is 11.8. The number of aliphatic hydroxyl groups excluding tert-OH is 1. The topological polar surface area (TPSA) is 49.3 Å². The van der Waals surface area contributed by atoms with Crippen molar-refractivity contribution in [1.29, 1.82) is 0 Å². The predicted molar refractivity (Wildman–Crippen MR) is 64.0 cm³/mol. The van der Waals surface area contributed by atoms with Crippen LogP contribution in [0, 0.1) is 6.92 Å². The van der Waals surface area contributed by atoms with E-state index in [9.17, 15) is 4.79 Å². The monoisotopic (exact) mass is 221 g/mol. The van der Waals surface area contributed by atoms with Crippen molar-refractivity contribution >= 4 is 5.91 Å². The number of rotatable bonds is 6. The second-order valence-electron chi connectivity index (χ2n) is 3.88. The van der Waals surface area contributed by atoms with Gasteiger partial charge in [-0.3, -0.25) is 4.79 Å². The molecular formula is C13H19NO2. The first-order valence-electron chi connectivity index (χ1n) is 5.66. The lowest BCUT2D eigenvalue weighted by atomic mass is 10.1. The molecule has 0 saturated carbocycles. The minimum atomic E-state index is 0.0525. The van der Waals surface area contributed by atoms with Gasteiger partial charge in [-0.25, -0.2) is 0 Å². The number of nitrogens with one attached hydrogen (secondary N) is 1. The number of hydrogen-bond acceptors (Lipinski definition) is 2. The molecule has 0 aliphatic rings. The Bertz CT molecular complexity index is 336. The number of carbonyl (C=O) groups excluding carboxylic acids is 1. The van der Waals surface area contributed by atoms with Crippen molar-refractivity contribution in [3.05, 3.63) is 35.4 Å². The number of amides is 1. The Balaban J connectivity index is 2.29. The van der Waals surface area contributed by atoms with Crippen molar-refractivity contribution in [2.75, 3.05) is 6.61 Å². The van der Waals surface area contributed by atoms with Gasteiger partial charge >= 0.3 is 0 Å². The molecule has 0 aliphatic heterocycles. The summed E-state index contributed by atoms with van der Waals surface area (Å²) in [4.78, 5) is 11.4. The normalized spacial score (nSPS) is 10.1. The van der Waals surface area contributed by atoms with Gasteiger partial charge in [-0.15, -0.1) is 0 Å². The zero-order valence-electron chi connectivity index (χ0n) is 9.70. The molecule has 3 nitrogen and oxygen atoms in total. The van der Waals surface area contributed by atoms with E-state index in [-0.39, 0.29) is 12.5 Å². The summed E-state index contributed by atoms with van der Waals surface area (Å²) in [6.45, 7) is 2.78. The van der Waals surface area contributed by atoms with Crippen LogP contribution in [0.1, 0.15) is 30.4 Å². The van der Waals surface area contributed by atoms with Crippen LogP contribution in [-0.2, 0) is 11.3 Å². The molecule has 1 amide bonds. The van der Waals surface area contributed by atoms with Gasteiger partial charge in [-0.2, -0.15) is 0 Å². The minimum absolute atomic E-state index is 0.0525. The molecule has 0 spiro atoms. The van der Waals surface area contributed by atoms with Crippen LogP contribution < -0.4 is 5.32 Å². The molecule has 1 aromatic carbocycles. The Morgan fingerprint density at radius 3 is 2.75 bits per heavy atom. The molecule has 0 aromatic heterocycles. The zero-order valence-corrected chi connectivity index (χ0v) is 9.70. The van der Waals surface area contributed by atoms with Crippen molar-refractivity contribution in [3.63, 3.8) is 0 Å². The highest BCUT2D eigenvalue weighted by Gasteiger charge is 2.02. The average Bonchev–Trinajstić information content (AvgIpc) is 2.28. The van der Waals surface area contributed by atoms with E-state index < -0.39 is 0 Å². The van der Waals surface area contributed by atoms with Crippen LogP contribution in [0.3, 0.4) is 0 Å². The molecule has 0 atom stereocenters. The molecule has 1 aromatic rings. The SMILES string of the molecule is Cc1ccccc1CNC(=O)CCCCO. The molecule has 0 unspecified atom stereocenters. The molecule has 88 valence electrons. The summed E-state index contributed by atoms with van der Waals surface area (Å²) in [7, 11) is 0. The molecule has 2 N–H and O–H groups in total. The predicted octanol–water partition coefficient (Wildman–Crippen LogP) is 1.77. The number of aryl methyl sites for hydroxylation is 1. The fourth-order valence-electron chi connectivity index (χ4n) is 1.49. The molecule has 0 saturated heterocycles. The Hall–Kier alpha value is -1.35. The number of hydrogen-bond donors (Lipinski definition) is 2. The highest BCUT2D eigenvalue weighted by Crippen LogP contribution is 2.06. The molecule has 0 fully saturated rings. The van der Waals surface area contributed by atoms with Crippen LogP contribution in [0.15, 0.2) is 24.3 Å². The van der Waals surface area contributed by atoms with Gasteiger partial charge in [-0.1, -0.05) is 24.3 Å². The van der Waals surface area contributed by atoms with Gasteiger partial charge < -0.3 is 10.4 Å². The van der Waals surface area contributed by atoms with Crippen molar-refractivity contribution < 1.29 is 9.90 Å². The van der Waals surface area contributed by atoms with E-state index in [1.807, 2.05) is 31.2 Å². The van der Waals surface area contributed by atoms with Gasteiger partial charge in [0.05, 0.1) is 0 Å². The summed E-state index contributed by atoms with van der Waals surface area (Å²) in [6.07, 6.45) is 1.93. The maximum absolute atomic E-state index is 11.4. The average molecular weight is 221 g/mol. The molecule has 0 radical (unpaired) electrons. The number of benzene rings is 1. The number of aliphatic hydroxyl groups is 1. The van der Waals surface area contributed by atoms with Gasteiger partial charge in [0.1, 0.15) is 0 Å².